The van der Waals surface area contributed by atoms with Gasteiger partial charge in [0.2, 0.25) is 0 Å². The highest BCUT2D eigenvalue weighted by molar-refractivity contribution is 5.88. The lowest BCUT2D eigenvalue weighted by molar-refractivity contribution is 0.0841. The first kappa shape index (κ1) is 16.4. The van der Waals surface area contributed by atoms with E-state index in [0.717, 1.165) is 41.3 Å². The molecule has 138 valence electrons. The van der Waals surface area contributed by atoms with Gasteiger partial charge in [-0.25, -0.2) is 0 Å². The molecule has 3 heterocycles. The molecule has 0 bridgehead atoms. The zero-order valence-corrected chi connectivity index (χ0v) is 15.4. The van der Waals surface area contributed by atoms with Crippen LogP contribution in [0.1, 0.15) is 29.7 Å². The summed E-state index contributed by atoms with van der Waals surface area (Å²) in [7, 11) is 3.37. The Morgan fingerprint density at radius 1 is 1.07 bits per heavy atom. The molecular formula is C22H22N2O3. The highest BCUT2D eigenvalue weighted by Crippen LogP contribution is 2.52. The smallest absolute Gasteiger partial charge is 0.122 e. The number of hydrogen-bond acceptors (Lipinski definition) is 5. The van der Waals surface area contributed by atoms with Gasteiger partial charge in [-0.2, -0.15) is 0 Å². The number of methoxy groups -OCH3 is 2. The molecule has 3 atom stereocenters. The van der Waals surface area contributed by atoms with Crippen molar-refractivity contribution in [3.63, 3.8) is 0 Å². The molecule has 0 spiro atoms. The van der Waals surface area contributed by atoms with E-state index in [1.807, 2.05) is 18.3 Å². The number of nitrogens with zero attached hydrogens (tertiary/aromatic N) is 1. The Kier molecular flexibility index (Phi) is 3.90. The van der Waals surface area contributed by atoms with Crippen molar-refractivity contribution >= 4 is 16.6 Å². The van der Waals surface area contributed by atoms with E-state index in [0.29, 0.717) is 5.92 Å². The van der Waals surface area contributed by atoms with Crippen LogP contribution in [0.2, 0.25) is 0 Å². The maximum absolute atomic E-state index is 6.23. The summed E-state index contributed by atoms with van der Waals surface area (Å²) in [5.41, 5.74) is 4.51. The highest BCUT2D eigenvalue weighted by Gasteiger charge is 2.42. The number of pyridine rings is 1. The van der Waals surface area contributed by atoms with E-state index in [1.165, 1.54) is 10.9 Å². The van der Waals surface area contributed by atoms with Crippen LogP contribution >= 0.6 is 0 Å². The Morgan fingerprint density at radius 2 is 1.89 bits per heavy atom. The van der Waals surface area contributed by atoms with Crippen molar-refractivity contribution in [1.29, 1.82) is 0 Å². The average molecular weight is 362 g/mol. The molecule has 2 aromatic carbocycles. The molecular weight excluding hydrogens is 340 g/mol. The largest absolute Gasteiger partial charge is 0.497 e. The standard InChI is InChI=1S/C22H22N2O3/c1-25-14-10-13(11-15(12-14)26-2)21-17-7-9-27-22(17)20-16-4-3-8-23-18(16)5-6-19(20)24-21/h3-6,8,10-12,17,21-22,24H,7,9H2,1-2H3/t17-,21?,22-/m0/s1. The summed E-state index contributed by atoms with van der Waals surface area (Å²) in [6.45, 7) is 0.769. The van der Waals surface area contributed by atoms with Crippen molar-refractivity contribution in [2.75, 3.05) is 26.1 Å². The van der Waals surface area contributed by atoms with Gasteiger partial charge in [-0.05, 0) is 42.3 Å². The van der Waals surface area contributed by atoms with Crippen LogP contribution < -0.4 is 14.8 Å². The quantitative estimate of drug-likeness (QED) is 0.744. The van der Waals surface area contributed by atoms with Gasteiger partial charge >= 0.3 is 0 Å². The lowest BCUT2D eigenvalue weighted by atomic mass is 9.80. The molecule has 1 N–H and O–H groups in total. The van der Waals surface area contributed by atoms with Crippen LogP contribution in [0.3, 0.4) is 0 Å². The summed E-state index contributed by atoms with van der Waals surface area (Å²) < 4.78 is 17.2. The molecule has 1 aromatic heterocycles. The molecule has 0 radical (unpaired) electrons. The lowest BCUT2D eigenvalue weighted by Gasteiger charge is -2.37. The second-order valence-corrected chi connectivity index (χ2v) is 7.11. The van der Waals surface area contributed by atoms with Crippen molar-refractivity contribution in [2.45, 2.75) is 18.6 Å². The molecule has 5 rings (SSSR count). The van der Waals surface area contributed by atoms with Crippen molar-refractivity contribution in [3.05, 3.63) is 59.8 Å². The molecule has 0 amide bonds. The van der Waals surface area contributed by atoms with Crippen LogP contribution in [0.15, 0.2) is 48.7 Å². The fraction of sp³-hybridized carbons (Fsp3) is 0.318. The minimum Gasteiger partial charge on any atom is -0.497 e. The normalized spacial score (nSPS) is 23.4. The second kappa shape index (κ2) is 6.43. The molecule has 1 fully saturated rings. The fourth-order valence-corrected chi connectivity index (χ4v) is 4.47. The third-order valence-electron chi connectivity index (χ3n) is 5.72. The third kappa shape index (κ3) is 2.61. The monoisotopic (exact) mass is 362 g/mol. The first-order valence-corrected chi connectivity index (χ1v) is 9.27. The first-order valence-electron chi connectivity index (χ1n) is 9.27. The van der Waals surface area contributed by atoms with E-state index in [2.05, 4.69) is 40.6 Å². The summed E-state index contributed by atoms with van der Waals surface area (Å²) >= 11 is 0. The van der Waals surface area contributed by atoms with E-state index in [9.17, 15) is 0 Å². The SMILES string of the molecule is COc1cc(OC)cc(C2Nc3ccc4ncccc4c3[C@H]3OCC[C@@H]23)c1. The zero-order chi connectivity index (χ0) is 18.4. The van der Waals surface area contributed by atoms with Crippen LogP contribution in [-0.4, -0.2) is 25.8 Å². The molecule has 3 aromatic rings. The van der Waals surface area contributed by atoms with Gasteiger partial charge in [0.15, 0.2) is 0 Å². The van der Waals surface area contributed by atoms with Gasteiger partial charge in [-0.15, -0.1) is 0 Å². The van der Waals surface area contributed by atoms with Gasteiger partial charge < -0.3 is 19.5 Å². The summed E-state index contributed by atoms with van der Waals surface area (Å²) in [4.78, 5) is 4.51. The van der Waals surface area contributed by atoms with Crippen molar-refractivity contribution in [2.24, 2.45) is 5.92 Å². The van der Waals surface area contributed by atoms with Gasteiger partial charge in [-0.3, -0.25) is 4.98 Å². The topological polar surface area (TPSA) is 52.6 Å². The number of nitrogens with one attached hydrogen (secondary N) is 1. The molecule has 2 aliphatic rings. The van der Waals surface area contributed by atoms with Crippen molar-refractivity contribution in [1.82, 2.24) is 4.98 Å². The van der Waals surface area contributed by atoms with Gasteiger partial charge in [-0.1, -0.05) is 6.07 Å². The highest BCUT2D eigenvalue weighted by atomic mass is 16.5. The Balaban J connectivity index is 1.64. The Labute approximate surface area is 158 Å². The molecule has 2 aliphatic heterocycles. The summed E-state index contributed by atoms with van der Waals surface area (Å²) in [5.74, 6) is 1.95. The average Bonchev–Trinajstić information content (AvgIpc) is 3.22. The molecule has 1 saturated heterocycles. The van der Waals surface area contributed by atoms with Crippen LogP contribution in [0.25, 0.3) is 10.9 Å². The van der Waals surface area contributed by atoms with Crippen LogP contribution in [-0.2, 0) is 4.74 Å². The van der Waals surface area contributed by atoms with Crippen molar-refractivity contribution < 1.29 is 14.2 Å². The number of ether oxygens (including phenoxy) is 3. The van der Waals surface area contributed by atoms with E-state index in [1.54, 1.807) is 14.2 Å². The van der Waals surface area contributed by atoms with Gasteiger partial charge in [0.05, 0.1) is 31.9 Å². The van der Waals surface area contributed by atoms with Gasteiger partial charge in [0.1, 0.15) is 11.5 Å². The van der Waals surface area contributed by atoms with E-state index >= 15 is 0 Å². The maximum atomic E-state index is 6.23. The van der Waals surface area contributed by atoms with Crippen LogP contribution in [0.5, 0.6) is 11.5 Å². The van der Waals surface area contributed by atoms with Crippen LogP contribution in [0, 0.1) is 5.92 Å². The van der Waals surface area contributed by atoms with E-state index in [4.69, 9.17) is 14.2 Å². The number of aromatic nitrogens is 1. The summed E-state index contributed by atoms with van der Waals surface area (Å²) in [5, 5.41) is 4.93. The number of fused-ring (bicyclic) bond motifs is 5. The predicted octanol–water partition coefficient (Wildman–Crippen LogP) is 4.50. The first-order chi connectivity index (χ1) is 13.3. The summed E-state index contributed by atoms with van der Waals surface area (Å²) in [6.07, 6.45) is 2.91. The molecule has 0 saturated carbocycles. The van der Waals surface area contributed by atoms with Crippen LogP contribution in [0.4, 0.5) is 5.69 Å². The predicted molar refractivity (Wildman–Crippen MR) is 104 cm³/mol. The Morgan fingerprint density at radius 3 is 2.67 bits per heavy atom. The van der Waals surface area contributed by atoms with Gasteiger partial charge in [0.25, 0.3) is 0 Å². The Bertz CT molecular complexity index is 982. The number of benzene rings is 2. The fourth-order valence-electron chi connectivity index (χ4n) is 4.47. The Hall–Kier alpha value is -2.79. The minimum absolute atomic E-state index is 0.0661. The van der Waals surface area contributed by atoms with Crippen molar-refractivity contribution in [3.8, 4) is 11.5 Å². The number of hydrogen-bond donors (Lipinski definition) is 1. The second-order valence-electron chi connectivity index (χ2n) is 7.11. The molecule has 0 aliphatic carbocycles. The minimum atomic E-state index is 0.0661. The molecule has 5 nitrogen and oxygen atoms in total. The van der Waals surface area contributed by atoms with Gasteiger partial charge in [0, 0.05) is 41.4 Å². The maximum Gasteiger partial charge on any atom is 0.122 e. The molecule has 1 unspecified atom stereocenters. The lowest BCUT2D eigenvalue weighted by Crippen LogP contribution is -2.29. The van der Waals surface area contributed by atoms with E-state index < -0.39 is 0 Å². The number of anilines is 1. The summed E-state index contributed by atoms with van der Waals surface area (Å²) in [6, 6.07) is 14.5. The third-order valence-corrected chi connectivity index (χ3v) is 5.72. The molecule has 5 heteroatoms. The van der Waals surface area contributed by atoms with E-state index in [-0.39, 0.29) is 12.1 Å². The number of rotatable bonds is 3. The zero-order valence-electron chi connectivity index (χ0n) is 15.4. The molecule has 27 heavy (non-hydrogen) atoms.